The van der Waals surface area contributed by atoms with Gasteiger partial charge in [-0.05, 0) is 19.3 Å². The average molecular weight is 262 g/mol. The van der Waals surface area contributed by atoms with Crippen LogP contribution in [0.5, 0.6) is 0 Å². The molecule has 1 aliphatic carbocycles. The first kappa shape index (κ1) is 12.8. The predicted octanol–water partition coefficient (Wildman–Crippen LogP) is 2.11. The molecule has 2 N–H and O–H groups in total. The molecule has 2 atom stereocenters. The van der Waals surface area contributed by atoms with Crippen LogP contribution in [0.1, 0.15) is 25.7 Å². The van der Waals surface area contributed by atoms with Crippen molar-refractivity contribution >= 4 is 11.9 Å². The van der Waals surface area contributed by atoms with Crippen LogP contribution in [0.3, 0.4) is 0 Å². The summed E-state index contributed by atoms with van der Waals surface area (Å²) in [7, 11) is 0. The zero-order valence-electron chi connectivity index (χ0n) is 9.50. The molecular weight excluding hydrogens is 249 g/mol. The van der Waals surface area contributed by atoms with E-state index in [4.69, 9.17) is 0 Å². The van der Waals surface area contributed by atoms with Crippen molar-refractivity contribution in [2.24, 2.45) is 11.8 Å². The molecule has 0 aliphatic heterocycles. The Hall–Kier alpha value is -1.60. The first-order valence-electron chi connectivity index (χ1n) is 5.70. The molecule has 0 spiro atoms. The second-order valence-corrected chi connectivity index (χ2v) is 4.43. The monoisotopic (exact) mass is 262 g/mol. The maximum absolute atomic E-state index is 12.6. The van der Waals surface area contributed by atoms with Crippen LogP contribution >= 0.6 is 0 Å². The van der Waals surface area contributed by atoms with Crippen molar-refractivity contribution in [2.45, 2.75) is 31.9 Å². The molecular formula is C10H13F3N4O. The molecule has 1 saturated carbocycles. The second kappa shape index (κ2) is 4.95. The third-order valence-corrected chi connectivity index (χ3v) is 3.16. The summed E-state index contributed by atoms with van der Waals surface area (Å²) < 4.78 is 37.8. The molecule has 5 nitrogen and oxygen atoms in total. The Kier molecular flexibility index (Phi) is 3.53. The molecule has 1 aliphatic rings. The van der Waals surface area contributed by atoms with Crippen LogP contribution in [0.25, 0.3) is 0 Å². The molecule has 1 heterocycles. The number of alkyl halides is 3. The number of aromatic nitrogens is 3. The highest BCUT2D eigenvalue weighted by atomic mass is 19.4. The fourth-order valence-electron chi connectivity index (χ4n) is 2.21. The number of carbonyl (C=O) groups excluding carboxylic acids is 1. The molecule has 8 heteroatoms. The maximum atomic E-state index is 12.6. The number of hydrogen-bond acceptors (Lipinski definition) is 3. The van der Waals surface area contributed by atoms with Crippen molar-refractivity contribution in [1.29, 1.82) is 0 Å². The number of rotatable bonds is 2. The Morgan fingerprint density at radius 2 is 2.22 bits per heavy atom. The van der Waals surface area contributed by atoms with Gasteiger partial charge in [-0.25, -0.2) is 5.10 Å². The molecule has 1 fully saturated rings. The topological polar surface area (TPSA) is 70.7 Å². The van der Waals surface area contributed by atoms with Crippen molar-refractivity contribution in [1.82, 2.24) is 15.2 Å². The molecule has 18 heavy (non-hydrogen) atoms. The molecule has 100 valence electrons. The highest BCUT2D eigenvalue weighted by Gasteiger charge is 2.43. The second-order valence-electron chi connectivity index (χ2n) is 4.43. The minimum absolute atomic E-state index is 0.107. The Bertz CT molecular complexity index is 404. The first-order chi connectivity index (χ1) is 8.47. The highest BCUT2D eigenvalue weighted by molar-refractivity contribution is 5.90. The van der Waals surface area contributed by atoms with Gasteiger partial charge in [-0.3, -0.25) is 10.1 Å². The van der Waals surface area contributed by atoms with Gasteiger partial charge in [0.25, 0.3) is 0 Å². The van der Waals surface area contributed by atoms with Crippen LogP contribution in [-0.2, 0) is 4.79 Å². The lowest BCUT2D eigenvalue weighted by Gasteiger charge is -2.29. The number of aromatic amines is 1. The summed E-state index contributed by atoms with van der Waals surface area (Å²) in [5.74, 6) is -2.26. The van der Waals surface area contributed by atoms with E-state index in [1.807, 2.05) is 0 Å². The number of nitrogens with zero attached hydrogens (tertiary/aromatic N) is 2. The van der Waals surface area contributed by atoms with Crippen molar-refractivity contribution in [2.75, 3.05) is 5.32 Å². The van der Waals surface area contributed by atoms with Gasteiger partial charge in [0.15, 0.2) is 0 Å². The molecule has 1 aromatic rings. The van der Waals surface area contributed by atoms with E-state index in [9.17, 15) is 18.0 Å². The number of amides is 1. The van der Waals surface area contributed by atoms with Gasteiger partial charge in [-0.2, -0.15) is 23.3 Å². The van der Waals surface area contributed by atoms with Gasteiger partial charge in [0.1, 0.15) is 6.33 Å². The predicted molar refractivity (Wildman–Crippen MR) is 56.5 cm³/mol. The van der Waals surface area contributed by atoms with Gasteiger partial charge < -0.3 is 0 Å². The molecule has 0 saturated heterocycles. The van der Waals surface area contributed by atoms with Gasteiger partial charge in [0.05, 0.1) is 5.92 Å². The largest absolute Gasteiger partial charge is 0.391 e. The zero-order chi connectivity index (χ0) is 13.2. The fourth-order valence-corrected chi connectivity index (χ4v) is 2.21. The van der Waals surface area contributed by atoms with Crippen molar-refractivity contribution in [3.63, 3.8) is 0 Å². The van der Waals surface area contributed by atoms with Crippen LogP contribution in [0, 0.1) is 11.8 Å². The standard InChI is InChI=1S/C10H13F3N4O/c11-10(12,13)7-3-1-2-6(4-7)8(18)16-9-14-5-15-17-9/h5-7H,1-4H2,(H2,14,15,16,17,18)/t6-,7+/m1/s1. The number of carbonyl (C=O) groups is 1. The summed E-state index contributed by atoms with van der Waals surface area (Å²) in [6.07, 6.45) is -2.15. The van der Waals surface area contributed by atoms with Crippen LogP contribution in [0.2, 0.25) is 0 Å². The molecule has 1 amide bonds. The van der Waals surface area contributed by atoms with Gasteiger partial charge in [0.2, 0.25) is 11.9 Å². The summed E-state index contributed by atoms with van der Waals surface area (Å²) in [6, 6.07) is 0. The third-order valence-electron chi connectivity index (χ3n) is 3.16. The van der Waals surface area contributed by atoms with Gasteiger partial charge in [-0.1, -0.05) is 6.42 Å². The Labute approximate surface area is 101 Å². The van der Waals surface area contributed by atoms with E-state index in [1.54, 1.807) is 0 Å². The van der Waals surface area contributed by atoms with E-state index in [-0.39, 0.29) is 18.8 Å². The fraction of sp³-hybridized carbons (Fsp3) is 0.700. The van der Waals surface area contributed by atoms with Crippen LogP contribution in [0.15, 0.2) is 6.33 Å². The number of halogens is 3. The Morgan fingerprint density at radius 3 is 2.83 bits per heavy atom. The Balaban J connectivity index is 1.94. The average Bonchev–Trinajstić information content (AvgIpc) is 2.81. The smallest absolute Gasteiger partial charge is 0.295 e. The Morgan fingerprint density at radius 1 is 1.44 bits per heavy atom. The molecule has 1 aromatic heterocycles. The SMILES string of the molecule is O=C(Nc1ncn[nH]1)[C@@H]1CCC[C@H](C(F)(F)F)C1. The van der Waals surface area contributed by atoms with Gasteiger partial charge in [0, 0.05) is 5.92 Å². The lowest BCUT2D eigenvalue weighted by molar-refractivity contribution is -0.185. The summed E-state index contributed by atoms with van der Waals surface area (Å²) in [6.45, 7) is 0. The first-order valence-corrected chi connectivity index (χ1v) is 5.70. The summed E-state index contributed by atoms with van der Waals surface area (Å²) in [5.41, 5.74) is 0. The van der Waals surface area contributed by atoms with Gasteiger partial charge in [-0.15, -0.1) is 0 Å². The molecule has 0 radical (unpaired) electrons. The lowest BCUT2D eigenvalue weighted by Crippen LogP contribution is -2.34. The van der Waals surface area contributed by atoms with E-state index in [2.05, 4.69) is 20.5 Å². The van der Waals surface area contributed by atoms with E-state index in [0.29, 0.717) is 12.8 Å². The van der Waals surface area contributed by atoms with Gasteiger partial charge >= 0.3 is 6.18 Å². The van der Waals surface area contributed by atoms with Crippen molar-refractivity contribution < 1.29 is 18.0 Å². The van der Waals surface area contributed by atoms with Crippen LogP contribution in [-0.4, -0.2) is 27.3 Å². The number of hydrogen-bond donors (Lipinski definition) is 2. The quantitative estimate of drug-likeness (QED) is 0.857. The minimum Gasteiger partial charge on any atom is -0.295 e. The van der Waals surface area contributed by atoms with E-state index >= 15 is 0 Å². The van der Waals surface area contributed by atoms with Crippen molar-refractivity contribution in [3.8, 4) is 0 Å². The van der Waals surface area contributed by atoms with E-state index in [1.165, 1.54) is 6.33 Å². The molecule has 0 unspecified atom stereocenters. The maximum Gasteiger partial charge on any atom is 0.391 e. The lowest BCUT2D eigenvalue weighted by atomic mass is 9.80. The molecule has 0 aromatic carbocycles. The minimum atomic E-state index is -4.22. The number of nitrogens with one attached hydrogen (secondary N) is 2. The highest BCUT2D eigenvalue weighted by Crippen LogP contribution is 2.40. The third kappa shape index (κ3) is 2.99. The molecule has 0 bridgehead atoms. The number of anilines is 1. The molecule has 2 rings (SSSR count). The van der Waals surface area contributed by atoms with Crippen molar-refractivity contribution in [3.05, 3.63) is 6.33 Å². The zero-order valence-corrected chi connectivity index (χ0v) is 9.50. The summed E-state index contributed by atoms with van der Waals surface area (Å²) in [4.78, 5) is 15.5. The number of H-pyrrole nitrogens is 1. The van der Waals surface area contributed by atoms with Crippen LogP contribution in [0.4, 0.5) is 19.1 Å². The van der Waals surface area contributed by atoms with Crippen LogP contribution < -0.4 is 5.32 Å². The normalized spacial score (nSPS) is 24.8. The summed E-state index contributed by atoms with van der Waals surface area (Å²) >= 11 is 0. The van der Waals surface area contributed by atoms with E-state index in [0.717, 1.165) is 0 Å². The van der Waals surface area contributed by atoms with E-state index < -0.39 is 23.9 Å². The summed E-state index contributed by atoms with van der Waals surface area (Å²) in [5, 5.41) is 8.41.